The largest absolute Gasteiger partial charge is 0.406 e. The number of nitrogens with zero attached hydrogens (tertiary/aromatic N) is 5. The fourth-order valence-electron chi connectivity index (χ4n) is 3.01. The molecule has 2 aromatic rings. The van der Waals surface area contributed by atoms with Crippen LogP contribution in [0.2, 0.25) is 0 Å². The van der Waals surface area contributed by atoms with E-state index >= 15 is 0 Å². The van der Waals surface area contributed by atoms with Crippen LogP contribution in [-0.2, 0) is 17.1 Å². The summed E-state index contributed by atoms with van der Waals surface area (Å²) in [5.74, 6) is -0.395. The molecule has 0 saturated carbocycles. The zero-order valence-electron chi connectivity index (χ0n) is 14.1. The van der Waals surface area contributed by atoms with Gasteiger partial charge in [0.05, 0.1) is 4.90 Å². The number of hydrogen-bond donors (Lipinski definition) is 0. The normalized spacial score (nSPS) is 16.5. The summed E-state index contributed by atoms with van der Waals surface area (Å²) in [7, 11) is -2.09. The van der Waals surface area contributed by atoms with E-state index in [1.165, 1.54) is 22.8 Å². The van der Waals surface area contributed by atoms with Crippen LogP contribution < -0.4 is 4.90 Å². The average molecular weight is 383 g/mol. The molecule has 0 atom stereocenters. The molecule has 0 unspecified atom stereocenters. The number of benzene rings is 1. The van der Waals surface area contributed by atoms with Gasteiger partial charge in [0.15, 0.2) is 0 Å². The lowest BCUT2D eigenvalue weighted by Gasteiger charge is -2.22. The van der Waals surface area contributed by atoms with E-state index in [0.717, 1.165) is 12.1 Å². The van der Waals surface area contributed by atoms with E-state index in [0.29, 0.717) is 25.3 Å². The fourth-order valence-corrected chi connectivity index (χ4v) is 4.48. The van der Waals surface area contributed by atoms with Gasteiger partial charge in [0.2, 0.25) is 22.2 Å². The van der Waals surface area contributed by atoms with E-state index < -0.39 is 20.8 Å². The van der Waals surface area contributed by atoms with Crippen LogP contribution in [0.3, 0.4) is 0 Å². The molecule has 0 aliphatic carbocycles. The Morgan fingerprint density at radius 1 is 1.15 bits per heavy atom. The molecule has 140 valence electrons. The Kier molecular flexibility index (Phi) is 4.92. The van der Waals surface area contributed by atoms with Gasteiger partial charge in [0.25, 0.3) is 0 Å². The van der Waals surface area contributed by atoms with Crippen LogP contribution in [-0.4, -0.2) is 53.4 Å². The number of rotatable bonds is 4. The van der Waals surface area contributed by atoms with Crippen molar-refractivity contribution in [1.29, 1.82) is 0 Å². The van der Waals surface area contributed by atoms with Gasteiger partial charge in [-0.25, -0.2) is 12.8 Å². The molecule has 26 heavy (non-hydrogen) atoms. The molecule has 0 bridgehead atoms. The molecule has 0 radical (unpaired) electrons. The van der Waals surface area contributed by atoms with Gasteiger partial charge in [-0.15, -0.1) is 0 Å². The molecule has 0 amide bonds. The Labute approximate surface area is 149 Å². The van der Waals surface area contributed by atoms with Crippen LogP contribution in [0.15, 0.2) is 35.5 Å². The quantitative estimate of drug-likeness (QED) is 0.584. The highest BCUT2D eigenvalue weighted by atomic mass is 32.2. The molecule has 11 heteroatoms. The molecule has 0 spiro atoms. The zero-order chi connectivity index (χ0) is 18.9. The summed E-state index contributed by atoms with van der Waals surface area (Å²) < 4.78 is 41.4. The fraction of sp³-hybridized carbons (Fsp3) is 0.400. The highest BCUT2D eigenvalue weighted by molar-refractivity contribution is 7.89. The predicted octanol–water partition coefficient (Wildman–Crippen LogP) is 1.37. The predicted molar refractivity (Wildman–Crippen MR) is 91.9 cm³/mol. The molecular weight excluding hydrogens is 365 g/mol. The summed E-state index contributed by atoms with van der Waals surface area (Å²) in [6, 6.07) is 4.69. The number of sulfonamides is 1. The number of aryl methyl sites for hydroxylation is 1. The maximum Gasteiger partial charge on any atom is 0.406 e. The van der Waals surface area contributed by atoms with Crippen LogP contribution in [0.5, 0.6) is 0 Å². The SMILES string of the molecule is Cn1cnc([N+](=O)[O-])c1N1CCCN(S(=O)(=O)c2ccc(F)cc2)CC1. The minimum absolute atomic E-state index is 0.0267. The maximum absolute atomic E-state index is 13.1. The molecule has 1 aromatic carbocycles. The Hall–Kier alpha value is -2.53. The molecule has 9 nitrogen and oxygen atoms in total. The highest BCUT2D eigenvalue weighted by Crippen LogP contribution is 2.27. The smallest absolute Gasteiger partial charge is 0.358 e. The molecule has 2 heterocycles. The van der Waals surface area contributed by atoms with Crippen LogP contribution in [0.1, 0.15) is 6.42 Å². The lowest BCUT2D eigenvalue weighted by atomic mass is 10.4. The first kappa shape index (κ1) is 18.3. The molecule has 1 aromatic heterocycles. The van der Waals surface area contributed by atoms with Gasteiger partial charge in [0.1, 0.15) is 5.82 Å². The van der Waals surface area contributed by atoms with Crippen LogP contribution >= 0.6 is 0 Å². The maximum atomic E-state index is 13.1. The van der Waals surface area contributed by atoms with Gasteiger partial charge in [-0.3, -0.25) is 4.57 Å². The number of imidazole rings is 1. The van der Waals surface area contributed by atoms with Gasteiger partial charge >= 0.3 is 5.82 Å². The Balaban J connectivity index is 1.82. The highest BCUT2D eigenvalue weighted by Gasteiger charge is 2.31. The number of nitro groups is 1. The minimum Gasteiger partial charge on any atom is -0.358 e. The molecule has 1 saturated heterocycles. The minimum atomic E-state index is -3.75. The van der Waals surface area contributed by atoms with Crippen molar-refractivity contribution in [3.05, 3.63) is 46.5 Å². The van der Waals surface area contributed by atoms with Crippen molar-refractivity contribution in [1.82, 2.24) is 13.9 Å². The zero-order valence-corrected chi connectivity index (χ0v) is 14.9. The number of anilines is 1. The van der Waals surface area contributed by atoms with Crippen molar-refractivity contribution in [3.63, 3.8) is 0 Å². The van der Waals surface area contributed by atoms with Crippen LogP contribution in [0.4, 0.5) is 16.0 Å². The van der Waals surface area contributed by atoms with Gasteiger partial charge in [-0.2, -0.15) is 4.31 Å². The van der Waals surface area contributed by atoms with Crippen molar-refractivity contribution in [3.8, 4) is 0 Å². The van der Waals surface area contributed by atoms with E-state index in [1.54, 1.807) is 16.5 Å². The van der Waals surface area contributed by atoms with E-state index in [2.05, 4.69) is 4.98 Å². The molecule has 1 fully saturated rings. The van der Waals surface area contributed by atoms with Crippen LogP contribution in [0.25, 0.3) is 0 Å². The first-order valence-electron chi connectivity index (χ1n) is 7.97. The summed E-state index contributed by atoms with van der Waals surface area (Å²) >= 11 is 0. The molecule has 1 aliphatic rings. The van der Waals surface area contributed by atoms with E-state index in [1.807, 2.05) is 0 Å². The lowest BCUT2D eigenvalue weighted by Crippen LogP contribution is -2.35. The second-order valence-corrected chi connectivity index (χ2v) is 7.90. The van der Waals surface area contributed by atoms with Crippen LogP contribution in [0, 0.1) is 15.9 Å². The summed E-state index contributed by atoms with van der Waals surface area (Å²) in [5.41, 5.74) is 0. The summed E-state index contributed by atoms with van der Waals surface area (Å²) in [5, 5.41) is 11.2. The first-order valence-corrected chi connectivity index (χ1v) is 9.41. The van der Waals surface area contributed by atoms with E-state index in [9.17, 15) is 22.9 Å². The standard InChI is InChI=1S/C15H18FN5O4S/c1-18-11-17-14(21(22)23)15(18)19-7-2-8-20(10-9-19)26(24,25)13-5-3-12(16)4-6-13/h3-6,11H,2,7-10H2,1H3. The third-order valence-electron chi connectivity index (χ3n) is 4.27. The van der Waals surface area contributed by atoms with Gasteiger partial charge < -0.3 is 15.0 Å². The van der Waals surface area contributed by atoms with Crippen molar-refractivity contribution in [2.24, 2.45) is 7.05 Å². The lowest BCUT2D eigenvalue weighted by molar-refractivity contribution is -0.388. The number of aromatic nitrogens is 2. The third kappa shape index (κ3) is 3.40. The molecule has 1 aliphatic heterocycles. The molecule has 3 rings (SSSR count). The number of halogens is 1. The monoisotopic (exact) mass is 383 g/mol. The summed E-state index contributed by atoms with van der Waals surface area (Å²) in [6.45, 7) is 1.21. The number of hydrogen-bond acceptors (Lipinski definition) is 6. The van der Waals surface area contributed by atoms with Crippen molar-refractivity contribution < 1.29 is 17.7 Å². The molecular formula is C15H18FN5O4S. The van der Waals surface area contributed by atoms with Crippen molar-refractivity contribution in [2.75, 3.05) is 31.1 Å². The van der Waals surface area contributed by atoms with E-state index in [-0.39, 0.29) is 23.8 Å². The first-order chi connectivity index (χ1) is 12.3. The van der Waals surface area contributed by atoms with Crippen molar-refractivity contribution in [2.45, 2.75) is 11.3 Å². The van der Waals surface area contributed by atoms with Gasteiger partial charge in [-0.1, -0.05) is 0 Å². The summed E-state index contributed by atoms with van der Waals surface area (Å²) in [6.07, 6.45) is 1.87. The second-order valence-electron chi connectivity index (χ2n) is 5.96. The molecule has 0 N–H and O–H groups in total. The Morgan fingerprint density at radius 3 is 2.50 bits per heavy atom. The Bertz CT molecular complexity index is 913. The average Bonchev–Trinajstić information content (AvgIpc) is 2.82. The third-order valence-corrected chi connectivity index (χ3v) is 6.18. The topological polar surface area (TPSA) is 102 Å². The van der Waals surface area contributed by atoms with E-state index in [4.69, 9.17) is 0 Å². The Morgan fingerprint density at radius 2 is 1.85 bits per heavy atom. The van der Waals surface area contributed by atoms with Gasteiger partial charge in [0, 0.05) is 33.2 Å². The second kappa shape index (κ2) is 7.00. The van der Waals surface area contributed by atoms with Crippen molar-refractivity contribution >= 4 is 21.7 Å². The summed E-state index contributed by atoms with van der Waals surface area (Å²) in [4.78, 5) is 16.2. The van der Waals surface area contributed by atoms with Gasteiger partial charge in [-0.05, 0) is 40.6 Å².